The van der Waals surface area contributed by atoms with Gasteiger partial charge in [0.1, 0.15) is 0 Å². The summed E-state index contributed by atoms with van der Waals surface area (Å²) in [5.41, 5.74) is 5.76. The minimum absolute atomic E-state index is 0.264. The monoisotopic (exact) mass is 254 g/mol. The molecular formula is C15H30N2O. The van der Waals surface area contributed by atoms with Crippen LogP contribution in [0.1, 0.15) is 51.9 Å². The Morgan fingerprint density at radius 1 is 1.22 bits per heavy atom. The van der Waals surface area contributed by atoms with Crippen LogP contribution in [0, 0.1) is 5.92 Å². The summed E-state index contributed by atoms with van der Waals surface area (Å²) in [4.78, 5) is 2.72. The first-order chi connectivity index (χ1) is 8.85. The summed E-state index contributed by atoms with van der Waals surface area (Å²) in [6.45, 7) is 5.98. The molecule has 3 heteroatoms. The van der Waals surface area contributed by atoms with Gasteiger partial charge in [0.15, 0.2) is 0 Å². The van der Waals surface area contributed by atoms with Crippen LogP contribution in [0.2, 0.25) is 0 Å². The van der Waals surface area contributed by atoms with E-state index in [-0.39, 0.29) is 6.10 Å². The van der Waals surface area contributed by atoms with E-state index in [1.807, 2.05) is 0 Å². The number of hydrogen-bond acceptors (Lipinski definition) is 3. The number of likely N-dealkylation sites (tertiary alicyclic amines) is 1. The first-order valence-electron chi connectivity index (χ1n) is 7.90. The molecule has 1 saturated heterocycles. The molecule has 1 aliphatic heterocycles. The quantitative estimate of drug-likeness (QED) is 0.758. The fourth-order valence-corrected chi connectivity index (χ4v) is 3.82. The summed E-state index contributed by atoms with van der Waals surface area (Å²) in [7, 11) is 0. The van der Waals surface area contributed by atoms with Crippen molar-refractivity contribution in [3.05, 3.63) is 0 Å². The Hall–Kier alpha value is -0.120. The lowest BCUT2D eigenvalue weighted by Gasteiger charge is -2.30. The second kappa shape index (κ2) is 7.46. The summed E-state index contributed by atoms with van der Waals surface area (Å²) < 4.78 is 5.66. The molecule has 106 valence electrons. The third-order valence-corrected chi connectivity index (χ3v) is 4.76. The van der Waals surface area contributed by atoms with Gasteiger partial charge in [-0.3, -0.25) is 0 Å². The molecule has 0 aromatic rings. The largest absolute Gasteiger partial charge is 0.377 e. The van der Waals surface area contributed by atoms with E-state index < -0.39 is 0 Å². The van der Waals surface area contributed by atoms with Crippen LogP contribution in [-0.4, -0.2) is 43.3 Å². The fourth-order valence-electron chi connectivity index (χ4n) is 3.82. The zero-order valence-electron chi connectivity index (χ0n) is 11.9. The van der Waals surface area contributed by atoms with Gasteiger partial charge in [-0.1, -0.05) is 12.8 Å². The van der Waals surface area contributed by atoms with Gasteiger partial charge in [0.25, 0.3) is 0 Å². The predicted molar refractivity (Wildman–Crippen MR) is 75.6 cm³/mol. The van der Waals surface area contributed by atoms with Crippen molar-refractivity contribution in [3.63, 3.8) is 0 Å². The van der Waals surface area contributed by atoms with E-state index >= 15 is 0 Å². The van der Waals surface area contributed by atoms with Gasteiger partial charge in [-0.2, -0.15) is 0 Å². The molecule has 1 heterocycles. The SMILES string of the molecule is CCOC(CN)CCN1CCCC1C1CCCC1. The molecule has 0 radical (unpaired) electrons. The molecule has 2 N–H and O–H groups in total. The Balaban J connectivity index is 1.76. The van der Waals surface area contributed by atoms with Gasteiger partial charge in [0.05, 0.1) is 6.10 Å². The zero-order chi connectivity index (χ0) is 12.8. The van der Waals surface area contributed by atoms with E-state index in [4.69, 9.17) is 10.5 Å². The van der Waals surface area contributed by atoms with Crippen LogP contribution in [0.4, 0.5) is 0 Å². The molecule has 3 nitrogen and oxygen atoms in total. The van der Waals surface area contributed by atoms with E-state index in [9.17, 15) is 0 Å². The first kappa shape index (κ1) is 14.3. The summed E-state index contributed by atoms with van der Waals surface area (Å²) in [5.74, 6) is 0.982. The Bertz CT molecular complexity index is 229. The maximum Gasteiger partial charge on any atom is 0.0709 e. The van der Waals surface area contributed by atoms with Gasteiger partial charge < -0.3 is 15.4 Å². The molecular weight excluding hydrogens is 224 g/mol. The van der Waals surface area contributed by atoms with Gasteiger partial charge in [-0.05, 0) is 51.5 Å². The van der Waals surface area contributed by atoms with Crippen molar-refractivity contribution in [1.82, 2.24) is 4.90 Å². The Kier molecular flexibility index (Phi) is 5.93. The lowest BCUT2D eigenvalue weighted by Crippen LogP contribution is -2.38. The Labute approximate surface area is 112 Å². The molecule has 0 bridgehead atoms. The average molecular weight is 254 g/mol. The molecule has 1 saturated carbocycles. The van der Waals surface area contributed by atoms with Crippen LogP contribution < -0.4 is 5.73 Å². The molecule has 2 fully saturated rings. The standard InChI is InChI=1S/C15H30N2O/c1-2-18-14(12-16)9-11-17-10-5-8-15(17)13-6-3-4-7-13/h13-15H,2-12,16H2,1H3. The van der Waals surface area contributed by atoms with Crippen LogP contribution in [-0.2, 0) is 4.74 Å². The molecule has 2 rings (SSSR count). The Morgan fingerprint density at radius 3 is 2.67 bits per heavy atom. The second-order valence-electron chi connectivity index (χ2n) is 5.89. The van der Waals surface area contributed by atoms with Crippen molar-refractivity contribution in [1.29, 1.82) is 0 Å². The van der Waals surface area contributed by atoms with Crippen molar-refractivity contribution in [3.8, 4) is 0 Å². The minimum atomic E-state index is 0.264. The van der Waals surface area contributed by atoms with E-state index in [0.717, 1.165) is 25.0 Å². The molecule has 2 aliphatic rings. The summed E-state index contributed by atoms with van der Waals surface area (Å²) in [6.07, 6.45) is 10.0. The van der Waals surface area contributed by atoms with Gasteiger partial charge in [-0.25, -0.2) is 0 Å². The number of nitrogens with zero attached hydrogens (tertiary/aromatic N) is 1. The lowest BCUT2D eigenvalue weighted by atomic mass is 9.96. The van der Waals surface area contributed by atoms with E-state index in [2.05, 4.69) is 11.8 Å². The van der Waals surface area contributed by atoms with Gasteiger partial charge >= 0.3 is 0 Å². The van der Waals surface area contributed by atoms with Crippen LogP contribution in [0.25, 0.3) is 0 Å². The van der Waals surface area contributed by atoms with Crippen molar-refractivity contribution in [2.45, 2.75) is 64.0 Å². The van der Waals surface area contributed by atoms with Gasteiger partial charge in [-0.15, -0.1) is 0 Å². The van der Waals surface area contributed by atoms with Crippen LogP contribution >= 0.6 is 0 Å². The highest BCUT2D eigenvalue weighted by atomic mass is 16.5. The third-order valence-electron chi connectivity index (χ3n) is 4.76. The molecule has 0 aromatic carbocycles. The molecule has 1 aliphatic carbocycles. The number of hydrogen-bond donors (Lipinski definition) is 1. The molecule has 2 unspecified atom stereocenters. The summed E-state index contributed by atoms with van der Waals surface area (Å²) >= 11 is 0. The topological polar surface area (TPSA) is 38.5 Å². The van der Waals surface area contributed by atoms with Crippen molar-refractivity contribution in [2.75, 3.05) is 26.2 Å². The highest BCUT2D eigenvalue weighted by Crippen LogP contribution is 2.35. The van der Waals surface area contributed by atoms with Crippen molar-refractivity contribution >= 4 is 0 Å². The smallest absolute Gasteiger partial charge is 0.0709 e. The highest BCUT2D eigenvalue weighted by molar-refractivity contribution is 4.87. The van der Waals surface area contributed by atoms with Crippen molar-refractivity contribution in [2.24, 2.45) is 11.7 Å². The third kappa shape index (κ3) is 3.69. The zero-order valence-corrected chi connectivity index (χ0v) is 11.9. The maximum atomic E-state index is 5.76. The summed E-state index contributed by atoms with van der Waals surface area (Å²) in [6, 6.07) is 0.868. The molecule has 18 heavy (non-hydrogen) atoms. The van der Waals surface area contributed by atoms with E-state index in [0.29, 0.717) is 6.54 Å². The first-order valence-corrected chi connectivity index (χ1v) is 7.90. The predicted octanol–water partition coefficient (Wildman–Crippen LogP) is 2.39. The van der Waals surface area contributed by atoms with Crippen LogP contribution in [0.15, 0.2) is 0 Å². The number of ether oxygens (including phenoxy) is 1. The maximum absolute atomic E-state index is 5.76. The average Bonchev–Trinajstić information content (AvgIpc) is 3.04. The molecule has 0 spiro atoms. The minimum Gasteiger partial charge on any atom is -0.377 e. The number of rotatable bonds is 7. The van der Waals surface area contributed by atoms with E-state index in [1.165, 1.54) is 51.6 Å². The van der Waals surface area contributed by atoms with Gasteiger partial charge in [0, 0.05) is 25.7 Å². The summed E-state index contributed by atoms with van der Waals surface area (Å²) in [5, 5.41) is 0. The fraction of sp³-hybridized carbons (Fsp3) is 1.00. The Morgan fingerprint density at radius 2 is 2.00 bits per heavy atom. The highest BCUT2D eigenvalue weighted by Gasteiger charge is 2.33. The van der Waals surface area contributed by atoms with Crippen LogP contribution in [0.3, 0.4) is 0 Å². The van der Waals surface area contributed by atoms with Gasteiger partial charge in [0.2, 0.25) is 0 Å². The molecule has 0 amide bonds. The molecule has 2 atom stereocenters. The van der Waals surface area contributed by atoms with Crippen LogP contribution in [0.5, 0.6) is 0 Å². The number of nitrogens with two attached hydrogens (primary N) is 1. The van der Waals surface area contributed by atoms with Crippen molar-refractivity contribution < 1.29 is 4.74 Å². The second-order valence-corrected chi connectivity index (χ2v) is 5.89. The van der Waals surface area contributed by atoms with E-state index in [1.54, 1.807) is 0 Å². The normalized spacial score (nSPS) is 28.0. The lowest BCUT2D eigenvalue weighted by molar-refractivity contribution is 0.0504. The molecule has 0 aromatic heterocycles.